The number of hydrogen-bond acceptors (Lipinski definition) is 3. The van der Waals surface area contributed by atoms with Gasteiger partial charge in [-0.05, 0) is 18.2 Å². The maximum Gasteiger partial charge on any atom is 0.130 e. The molecule has 1 N–H and O–H groups in total. The summed E-state index contributed by atoms with van der Waals surface area (Å²) in [7, 11) is 3.19. The highest BCUT2D eigenvalue weighted by molar-refractivity contribution is 5.80. The maximum atomic E-state index is 9.89. The quantitative estimate of drug-likeness (QED) is 0.880. The zero-order valence-electron chi connectivity index (χ0n) is 9.81. The van der Waals surface area contributed by atoms with Gasteiger partial charge in [-0.15, -0.1) is 0 Å². The number of benzene rings is 2. The van der Waals surface area contributed by atoms with Gasteiger partial charge < -0.3 is 14.6 Å². The Hall–Kier alpha value is -2.16. The highest BCUT2D eigenvalue weighted by Crippen LogP contribution is 2.41. The molecule has 0 bridgehead atoms. The highest BCUT2D eigenvalue weighted by Gasteiger charge is 2.14. The van der Waals surface area contributed by atoms with E-state index >= 15 is 0 Å². The first kappa shape index (κ1) is 11.3. The summed E-state index contributed by atoms with van der Waals surface area (Å²) in [5, 5.41) is 9.89. The normalized spacial score (nSPS) is 10.0. The van der Waals surface area contributed by atoms with E-state index in [0.717, 1.165) is 5.56 Å². The SMILES string of the molecule is COc1cccc(OC)c1-c1ccccc1O. The highest BCUT2D eigenvalue weighted by atomic mass is 16.5. The van der Waals surface area contributed by atoms with Gasteiger partial charge in [-0.3, -0.25) is 0 Å². The molecule has 0 unspecified atom stereocenters. The smallest absolute Gasteiger partial charge is 0.130 e. The molecule has 0 heterocycles. The molecule has 2 aromatic carbocycles. The van der Waals surface area contributed by atoms with Crippen molar-refractivity contribution < 1.29 is 14.6 Å². The average Bonchev–Trinajstić information content (AvgIpc) is 2.38. The topological polar surface area (TPSA) is 38.7 Å². The third-order valence-corrected chi connectivity index (χ3v) is 2.60. The van der Waals surface area contributed by atoms with Crippen molar-refractivity contribution in [3.05, 3.63) is 42.5 Å². The van der Waals surface area contributed by atoms with Crippen LogP contribution >= 0.6 is 0 Å². The standard InChI is InChI=1S/C14H14O3/c1-16-12-8-5-9-13(17-2)14(12)10-6-3-4-7-11(10)15/h3-9,15H,1-2H3. The van der Waals surface area contributed by atoms with Crippen LogP contribution in [-0.2, 0) is 0 Å². The fraction of sp³-hybridized carbons (Fsp3) is 0.143. The van der Waals surface area contributed by atoms with E-state index in [-0.39, 0.29) is 5.75 Å². The molecule has 3 heteroatoms. The Morgan fingerprint density at radius 3 is 1.94 bits per heavy atom. The van der Waals surface area contributed by atoms with Gasteiger partial charge in [-0.1, -0.05) is 24.3 Å². The zero-order valence-corrected chi connectivity index (χ0v) is 9.81. The molecule has 2 aromatic rings. The second-order valence-corrected chi connectivity index (χ2v) is 3.55. The Bertz CT molecular complexity index is 498. The van der Waals surface area contributed by atoms with Crippen molar-refractivity contribution in [1.29, 1.82) is 0 Å². The summed E-state index contributed by atoms with van der Waals surface area (Å²) in [4.78, 5) is 0. The first-order valence-corrected chi connectivity index (χ1v) is 5.27. The van der Waals surface area contributed by atoms with Crippen molar-refractivity contribution in [2.75, 3.05) is 14.2 Å². The van der Waals surface area contributed by atoms with Crippen LogP contribution in [0.3, 0.4) is 0 Å². The van der Waals surface area contributed by atoms with Crippen LogP contribution < -0.4 is 9.47 Å². The third-order valence-electron chi connectivity index (χ3n) is 2.60. The fourth-order valence-corrected chi connectivity index (χ4v) is 1.80. The molecule has 0 spiro atoms. The van der Waals surface area contributed by atoms with Gasteiger partial charge in [0.2, 0.25) is 0 Å². The van der Waals surface area contributed by atoms with Gasteiger partial charge in [0.15, 0.2) is 0 Å². The van der Waals surface area contributed by atoms with E-state index in [1.807, 2.05) is 30.3 Å². The van der Waals surface area contributed by atoms with Crippen LogP contribution in [0.2, 0.25) is 0 Å². The second-order valence-electron chi connectivity index (χ2n) is 3.55. The molecule has 0 amide bonds. The van der Waals surface area contributed by atoms with E-state index < -0.39 is 0 Å². The van der Waals surface area contributed by atoms with Crippen molar-refractivity contribution in [3.63, 3.8) is 0 Å². The number of methoxy groups -OCH3 is 2. The zero-order chi connectivity index (χ0) is 12.3. The summed E-state index contributed by atoms with van der Waals surface area (Å²) in [6.45, 7) is 0. The number of phenols is 1. The van der Waals surface area contributed by atoms with Crippen molar-refractivity contribution in [1.82, 2.24) is 0 Å². The minimum absolute atomic E-state index is 0.204. The summed E-state index contributed by atoms with van der Waals surface area (Å²) in [5.41, 5.74) is 1.46. The Morgan fingerprint density at radius 2 is 1.41 bits per heavy atom. The van der Waals surface area contributed by atoms with Gasteiger partial charge in [0.25, 0.3) is 0 Å². The van der Waals surface area contributed by atoms with Gasteiger partial charge >= 0.3 is 0 Å². The fourth-order valence-electron chi connectivity index (χ4n) is 1.80. The second kappa shape index (κ2) is 4.78. The van der Waals surface area contributed by atoms with Crippen molar-refractivity contribution in [3.8, 4) is 28.4 Å². The van der Waals surface area contributed by atoms with Crippen LogP contribution in [0, 0.1) is 0 Å². The molecule has 0 atom stereocenters. The van der Waals surface area contributed by atoms with E-state index in [4.69, 9.17) is 9.47 Å². The monoisotopic (exact) mass is 230 g/mol. The molecule has 0 saturated carbocycles. The average molecular weight is 230 g/mol. The molecular weight excluding hydrogens is 216 g/mol. The Labute approximate surface area is 100 Å². The van der Waals surface area contributed by atoms with E-state index in [2.05, 4.69) is 0 Å². The number of para-hydroxylation sites is 1. The minimum Gasteiger partial charge on any atom is -0.507 e. The third kappa shape index (κ3) is 2.04. The van der Waals surface area contributed by atoms with Gasteiger partial charge in [0.05, 0.1) is 19.8 Å². The Morgan fingerprint density at radius 1 is 0.824 bits per heavy atom. The number of rotatable bonds is 3. The largest absolute Gasteiger partial charge is 0.507 e. The van der Waals surface area contributed by atoms with E-state index in [9.17, 15) is 5.11 Å². The molecule has 0 aliphatic carbocycles. The van der Waals surface area contributed by atoms with Gasteiger partial charge in [0, 0.05) is 5.56 Å². The van der Waals surface area contributed by atoms with Gasteiger partial charge in [-0.25, -0.2) is 0 Å². The van der Waals surface area contributed by atoms with Gasteiger partial charge in [-0.2, -0.15) is 0 Å². The lowest BCUT2D eigenvalue weighted by molar-refractivity contribution is 0.396. The van der Waals surface area contributed by atoms with Crippen LogP contribution in [0.15, 0.2) is 42.5 Å². The first-order valence-electron chi connectivity index (χ1n) is 5.27. The predicted molar refractivity (Wildman–Crippen MR) is 66.6 cm³/mol. The van der Waals surface area contributed by atoms with Crippen LogP contribution in [-0.4, -0.2) is 19.3 Å². The summed E-state index contributed by atoms with van der Waals surface area (Å²) in [6.07, 6.45) is 0. The summed E-state index contributed by atoms with van der Waals surface area (Å²) < 4.78 is 10.6. The predicted octanol–water partition coefficient (Wildman–Crippen LogP) is 3.08. The molecule has 17 heavy (non-hydrogen) atoms. The lowest BCUT2D eigenvalue weighted by Crippen LogP contribution is -1.93. The minimum atomic E-state index is 0.204. The van der Waals surface area contributed by atoms with E-state index in [0.29, 0.717) is 17.1 Å². The molecule has 2 rings (SSSR count). The molecule has 3 nitrogen and oxygen atoms in total. The summed E-state index contributed by atoms with van der Waals surface area (Å²) in [5.74, 6) is 1.55. The molecule has 0 radical (unpaired) electrons. The summed E-state index contributed by atoms with van der Waals surface area (Å²) in [6, 6.07) is 12.6. The first-order chi connectivity index (χ1) is 8.27. The number of aromatic hydroxyl groups is 1. The van der Waals surface area contributed by atoms with Crippen molar-refractivity contribution in [2.24, 2.45) is 0 Å². The molecule has 88 valence electrons. The van der Waals surface area contributed by atoms with Gasteiger partial charge in [0.1, 0.15) is 17.2 Å². The van der Waals surface area contributed by atoms with Crippen LogP contribution in [0.25, 0.3) is 11.1 Å². The van der Waals surface area contributed by atoms with E-state index in [1.54, 1.807) is 26.4 Å². The Balaban J connectivity index is 2.69. The number of ether oxygens (including phenoxy) is 2. The lowest BCUT2D eigenvalue weighted by Gasteiger charge is -2.13. The number of hydrogen-bond donors (Lipinski definition) is 1. The van der Waals surface area contributed by atoms with Crippen molar-refractivity contribution in [2.45, 2.75) is 0 Å². The lowest BCUT2D eigenvalue weighted by atomic mass is 10.0. The molecule has 0 aliphatic heterocycles. The molecular formula is C14H14O3. The van der Waals surface area contributed by atoms with Crippen LogP contribution in [0.4, 0.5) is 0 Å². The van der Waals surface area contributed by atoms with Crippen molar-refractivity contribution >= 4 is 0 Å². The summed E-state index contributed by atoms with van der Waals surface area (Å²) >= 11 is 0. The number of phenolic OH excluding ortho intramolecular Hbond substituents is 1. The molecule has 0 aromatic heterocycles. The van der Waals surface area contributed by atoms with Crippen LogP contribution in [0.1, 0.15) is 0 Å². The Kier molecular flexibility index (Phi) is 3.19. The van der Waals surface area contributed by atoms with E-state index in [1.165, 1.54) is 0 Å². The maximum absolute atomic E-state index is 9.89. The molecule has 0 aliphatic rings. The van der Waals surface area contributed by atoms with Crippen LogP contribution in [0.5, 0.6) is 17.2 Å². The molecule has 0 saturated heterocycles. The molecule has 0 fully saturated rings.